The van der Waals surface area contributed by atoms with Crippen LogP contribution in [0.4, 0.5) is 17.6 Å². The van der Waals surface area contributed by atoms with Crippen molar-refractivity contribution in [2.24, 2.45) is 0 Å². The highest BCUT2D eigenvalue weighted by Gasteiger charge is 2.31. The summed E-state index contributed by atoms with van der Waals surface area (Å²) in [4.78, 5) is 14.9. The summed E-state index contributed by atoms with van der Waals surface area (Å²) in [5.41, 5.74) is -1.10. The second-order valence-corrected chi connectivity index (χ2v) is 4.64. The lowest BCUT2D eigenvalue weighted by Gasteiger charge is -2.08. The first-order valence-electron chi connectivity index (χ1n) is 5.12. The first kappa shape index (κ1) is 13.7. The van der Waals surface area contributed by atoms with Crippen molar-refractivity contribution in [3.63, 3.8) is 0 Å². The molecule has 0 saturated heterocycles. The van der Waals surface area contributed by atoms with Crippen LogP contribution in [-0.4, -0.2) is 10.8 Å². The van der Waals surface area contributed by atoms with Gasteiger partial charge >= 0.3 is 6.18 Å². The molecule has 0 fully saturated rings. The van der Waals surface area contributed by atoms with Gasteiger partial charge in [0.2, 0.25) is 0 Å². The Morgan fingerprint density at radius 1 is 1.32 bits per heavy atom. The van der Waals surface area contributed by atoms with Gasteiger partial charge < -0.3 is 0 Å². The summed E-state index contributed by atoms with van der Waals surface area (Å²) < 4.78 is 51.2. The second-order valence-electron chi connectivity index (χ2n) is 3.79. The molecule has 0 spiro atoms. The Morgan fingerprint density at radius 3 is 2.53 bits per heavy atom. The second kappa shape index (κ2) is 4.73. The topological polar surface area (TPSA) is 30.0 Å². The average Bonchev–Trinajstić information content (AvgIpc) is 2.77. The molecule has 19 heavy (non-hydrogen) atoms. The van der Waals surface area contributed by atoms with Gasteiger partial charge in [-0.25, -0.2) is 9.37 Å². The Morgan fingerprint density at radius 2 is 2.00 bits per heavy atom. The van der Waals surface area contributed by atoms with E-state index in [1.165, 1.54) is 12.3 Å². The number of nitrogens with zero attached hydrogens (tertiary/aromatic N) is 1. The Kier molecular flexibility index (Phi) is 3.40. The van der Waals surface area contributed by atoms with Crippen LogP contribution in [0.2, 0.25) is 0 Å². The van der Waals surface area contributed by atoms with Crippen LogP contribution in [0.25, 0.3) is 10.6 Å². The van der Waals surface area contributed by atoms with Crippen LogP contribution < -0.4 is 0 Å². The van der Waals surface area contributed by atoms with Crippen molar-refractivity contribution in [1.82, 2.24) is 4.98 Å². The highest BCUT2D eigenvalue weighted by Crippen LogP contribution is 2.34. The van der Waals surface area contributed by atoms with Crippen LogP contribution in [0, 0.1) is 5.82 Å². The van der Waals surface area contributed by atoms with Crippen molar-refractivity contribution >= 4 is 17.1 Å². The minimum atomic E-state index is -4.55. The van der Waals surface area contributed by atoms with Crippen molar-refractivity contribution < 1.29 is 22.4 Å². The van der Waals surface area contributed by atoms with Gasteiger partial charge in [0.25, 0.3) is 0 Å². The molecule has 7 heteroatoms. The van der Waals surface area contributed by atoms with Crippen molar-refractivity contribution in [1.29, 1.82) is 0 Å². The van der Waals surface area contributed by atoms with Crippen LogP contribution >= 0.6 is 11.3 Å². The van der Waals surface area contributed by atoms with E-state index in [1.54, 1.807) is 0 Å². The Labute approximate surface area is 109 Å². The number of carbonyl (C=O) groups excluding carboxylic acids is 1. The van der Waals surface area contributed by atoms with Crippen molar-refractivity contribution in [3.8, 4) is 10.6 Å². The monoisotopic (exact) mass is 289 g/mol. The number of Topliss-reactive ketones (excluding diaryl/α,β-unsaturated/α-hetero) is 1. The quantitative estimate of drug-likeness (QED) is 0.613. The Bertz CT molecular complexity index is 633. The first-order valence-corrected chi connectivity index (χ1v) is 6.00. The summed E-state index contributed by atoms with van der Waals surface area (Å²) in [6.45, 7) is 1.28. The Balaban J connectivity index is 2.51. The van der Waals surface area contributed by atoms with E-state index in [1.807, 2.05) is 0 Å². The fourth-order valence-corrected chi connectivity index (χ4v) is 2.30. The van der Waals surface area contributed by atoms with Crippen LogP contribution in [0.3, 0.4) is 0 Å². The number of carbonyl (C=O) groups is 1. The lowest BCUT2D eigenvalue weighted by Crippen LogP contribution is -2.05. The number of rotatable bonds is 2. The summed E-state index contributed by atoms with van der Waals surface area (Å²) in [6, 6.07) is 2.10. The van der Waals surface area contributed by atoms with Gasteiger partial charge in [-0.1, -0.05) is 0 Å². The number of thiazole rings is 1. The van der Waals surface area contributed by atoms with Crippen molar-refractivity contribution in [3.05, 3.63) is 40.7 Å². The van der Waals surface area contributed by atoms with Crippen LogP contribution in [0.15, 0.2) is 23.6 Å². The third-order valence-electron chi connectivity index (χ3n) is 2.39. The number of ketones is 1. The molecule has 0 aliphatic heterocycles. The van der Waals surface area contributed by atoms with Gasteiger partial charge in [0.15, 0.2) is 5.78 Å². The number of halogens is 4. The van der Waals surface area contributed by atoms with Crippen molar-refractivity contribution in [2.75, 3.05) is 0 Å². The number of hydrogen-bond donors (Lipinski definition) is 0. The minimum absolute atomic E-state index is 0.0498. The highest BCUT2D eigenvalue weighted by atomic mass is 32.1. The molecule has 1 heterocycles. The lowest BCUT2D eigenvalue weighted by atomic mass is 10.1. The largest absolute Gasteiger partial charge is 0.416 e. The molecule has 2 nitrogen and oxygen atoms in total. The van der Waals surface area contributed by atoms with E-state index < -0.39 is 17.6 Å². The third kappa shape index (κ3) is 2.81. The fraction of sp³-hybridized carbons (Fsp3) is 0.167. The standard InChI is InChI=1S/C12H7F4NOS/c1-6(18)10-5-19-11(17-10)8-4-7(12(14,15)16)2-3-9(8)13/h2-5H,1H3. The maximum absolute atomic E-state index is 13.6. The normalized spacial score (nSPS) is 11.6. The minimum Gasteiger partial charge on any atom is -0.293 e. The van der Waals surface area contributed by atoms with Gasteiger partial charge in [0.05, 0.1) is 5.56 Å². The zero-order valence-electron chi connectivity index (χ0n) is 9.58. The van der Waals surface area contributed by atoms with E-state index >= 15 is 0 Å². The maximum Gasteiger partial charge on any atom is 0.416 e. The number of benzene rings is 1. The lowest BCUT2D eigenvalue weighted by molar-refractivity contribution is -0.137. The van der Waals surface area contributed by atoms with Crippen LogP contribution in [0.5, 0.6) is 0 Å². The van der Waals surface area contributed by atoms with E-state index in [4.69, 9.17) is 0 Å². The maximum atomic E-state index is 13.6. The van der Waals surface area contributed by atoms with Crippen LogP contribution in [-0.2, 0) is 6.18 Å². The predicted molar refractivity (Wildman–Crippen MR) is 62.5 cm³/mol. The van der Waals surface area contributed by atoms with Gasteiger partial charge in [-0.15, -0.1) is 11.3 Å². The molecule has 2 rings (SSSR count). The number of hydrogen-bond acceptors (Lipinski definition) is 3. The smallest absolute Gasteiger partial charge is 0.293 e. The van der Waals surface area contributed by atoms with Gasteiger partial charge in [0, 0.05) is 17.9 Å². The van der Waals surface area contributed by atoms with E-state index in [2.05, 4.69) is 4.98 Å². The molecule has 0 saturated carbocycles. The summed E-state index contributed by atoms with van der Waals surface area (Å²) >= 11 is 0.925. The number of aromatic nitrogens is 1. The molecule has 2 aromatic rings. The summed E-state index contributed by atoms with van der Waals surface area (Å²) in [7, 11) is 0. The van der Waals surface area contributed by atoms with E-state index in [9.17, 15) is 22.4 Å². The molecule has 0 aliphatic carbocycles. The molecule has 0 aliphatic rings. The molecule has 0 atom stereocenters. The first-order chi connectivity index (χ1) is 8.79. The molecule has 0 bridgehead atoms. The van der Waals surface area contributed by atoms with Crippen molar-refractivity contribution in [2.45, 2.75) is 13.1 Å². The van der Waals surface area contributed by atoms with Gasteiger partial charge in [-0.2, -0.15) is 13.2 Å². The van der Waals surface area contributed by atoms with Gasteiger partial charge in [-0.3, -0.25) is 4.79 Å². The molecular formula is C12H7F4NOS. The zero-order chi connectivity index (χ0) is 14.2. The van der Waals surface area contributed by atoms with E-state index in [0.29, 0.717) is 12.1 Å². The van der Waals surface area contributed by atoms with Gasteiger partial charge in [0.1, 0.15) is 16.5 Å². The molecule has 100 valence electrons. The fourth-order valence-electron chi connectivity index (χ4n) is 1.42. The Hall–Kier alpha value is -1.76. The molecule has 0 radical (unpaired) electrons. The van der Waals surface area contributed by atoms with E-state index in [0.717, 1.165) is 17.4 Å². The van der Waals surface area contributed by atoms with Crippen LogP contribution in [0.1, 0.15) is 23.0 Å². The molecule has 0 amide bonds. The third-order valence-corrected chi connectivity index (χ3v) is 3.26. The average molecular weight is 289 g/mol. The molecular weight excluding hydrogens is 282 g/mol. The van der Waals surface area contributed by atoms with Gasteiger partial charge in [-0.05, 0) is 18.2 Å². The highest BCUT2D eigenvalue weighted by molar-refractivity contribution is 7.13. The molecule has 1 aromatic heterocycles. The zero-order valence-corrected chi connectivity index (χ0v) is 10.4. The van der Waals surface area contributed by atoms with E-state index in [-0.39, 0.29) is 22.0 Å². The summed E-state index contributed by atoms with van der Waals surface area (Å²) in [5, 5.41) is 1.44. The molecule has 1 aromatic carbocycles. The SMILES string of the molecule is CC(=O)c1csc(-c2cc(C(F)(F)F)ccc2F)n1. The summed E-state index contributed by atoms with van der Waals surface area (Å²) in [5.74, 6) is -1.13. The molecule has 0 unspecified atom stereocenters. The predicted octanol–water partition coefficient (Wildman–Crippen LogP) is 4.17. The molecule has 0 N–H and O–H groups in total. The number of alkyl halides is 3. The summed E-state index contributed by atoms with van der Waals surface area (Å²) in [6.07, 6.45) is -4.55.